The van der Waals surface area contributed by atoms with Crippen molar-refractivity contribution in [2.75, 3.05) is 6.61 Å². The average Bonchev–Trinajstić information content (AvgIpc) is 2.70. The lowest BCUT2D eigenvalue weighted by Gasteiger charge is -2.29. The van der Waals surface area contributed by atoms with E-state index in [1.54, 1.807) is 0 Å². The summed E-state index contributed by atoms with van der Waals surface area (Å²) < 4.78 is 0. The van der Waals surface area contributed by atoms with Gasteiger partial charge in [-0.3, -0.25) is 0 Å². The van der Waals surface area contributed by atoms with Gasteiger partial charge in [0.1, 0.15) is 0 Å². The fraction of sp³-hybridized carbons (Fsp3) is 1.00. The van der Waals surface area contributed by atoms with Crippen molar-refractivity contribution in [3.63, 3.8) is 0 Å². The van der Waals surface area contributed by atoms with Crippen molar-refractivity contribution in [2.24, 2.45) is 0 Å². The van der Waals surface area contributed by atoms with E-state index in [1.807, 2.05) is 0 Å². The molecule has 1 aliphatic carbocycles. The molecule has 0 aromatic rings. The molecule has 0 aromatic heterocycles. The van der Waals surface area contributed by atoms with Crippen LogP contribution in [-0.2, 0) is 0 Å². The molecule has 1 spiro atoms. The van der Waals surface area contributed by atoms with Gasteiger partial charge in [-0.25, -0.2) is 0 Å². The van der Waals surface area contributed by atoms with Gasteiger partial charge in [0, 0.05) is 11.6 Å². The van der Waals surface area contributed by atoms with Gasteiger partial charge in [-0.15, -0.1) is 0 Å². The number of hydrogen-bond acceptors (Lipinski definition) is 2. The van der Waals surface area contributed by atoms with Crippen LogP contribution in [-0.4, -0.2) is 23.3 Å². The predicted octanol–water partition coefficient (Wildman–Crippen LogP) is 0.653. The Bertz CT molecular complexity index is 131. The monoisotopic (exact) mass is 141 g/mol. The number of aliphatic hydroxyl groups is 1. The normalized spacial score (nSPS) is 36.3. The zero-order valence-corrected chi connectivity index (χ0v) is 6.27. The Morgan fingerprint density at radius 2 is 2.20 bits per heavy atom. The number of aliphatic hydroxyl groups excluding tert-OH is 1. The molecule has 2 fully saturated rings. The standard InChI is InChI=1S/C8H15NO/c10-6-7-2-1-3-8(9-7)4-5-8/h7,9-10H,1-6H2/t7-/m0/s1. The molecule has 58 valence electrons. The molecule has 1 heterocycles. The van der Waals surface area contributed by atoms with Gasteiger partial charge in [0.25, 0.3) is 0 Å². The summed E-state index contributed by atoms with van der Waals surface area (Å²) in [6, 6.07) is 0.399. The topological polar surface area (TPSA) is 32.3 Å². The maximum atomic E-state index is 8.89. The summed E-state index contributed by atoms with van der Waals surface area (Å²) in [4.78, 5) is 0. The fourth-order valence-corrected chi connectivity index (χ4v) is 1.95. The third-order valence-electron chi connectivity index (χ3n) is 2.79. The molecular formula is C8H15NO. The predicted molar refractivity (Wildman–Crippen MR) is 39.8 cm³/mol. The van der Waals surface area contributed by atoms with Gasteiger partial charge in [-0.2, -0.15) is 0 Å². The first-order valence-electron chi connectivity index (χ1n) is 4.23. The Balaban J connectivity index is 1.91. The summed E-state index contributed by atoms with van der Waals surface area (Å²) in [5.74, 6) is 0. The third-order valence-corrected chi connectivity index (χ3v) is 2.79. The summed E-state index contributed by atoms with van der Waals surface area (Å²) in [5.41, 5.74) is 0.492. The first-order valence-corrected chi connectivity index (χ1v) is 4.23. The van der Waals surface area contributed by atoms with E-state index in [4.69, 9.17) is 5.11 Å². The van der Waals surface area contributed by atoms with Gasteiger partial charge in [0.2, 0.25) is 0 Å². The molecule has 0 amide bonds. The highest BCUT2D eigenvalue weighted by atomic mass is 16.3. The second-order valence-electron chi connectivity index (χ2n) is 3.70. The van der Waals surface area contributed by atoms with Crippen LogP contribution >= 0.6 is 0 Å². The van der Waals surface area contributed by atoms with Gasteiger partial charge >= 0.3 is 0 Å². The molecule has 0 aromatic carbocycles. The molecule has 2 aliphatic rings. The van der Waals surface area contributed by atoms with Gasteiger partial charge in [0.15, 0.2) is 0 Å². The minimum absolute atomic E-state index is 0.321. The summed E-state index contributed by atoms with van der Waals surface area (Å²) in [7, 11) is 0. The molecule has 0 radical (unpaired) electrons. The SMILES string of the molecule is OC[C@@H]1CCCC2(CC2)N1. The zero-order chi connectivity index (χ0) is 7.03. The number of nitrogens with one attached hydrogen (secondary N) is 1. The molecular weight excluding hydrogens is 126 g/mol. The Labute approximate surface area is 61.6 Å². The van der Waals surface area contributed by atoms with Crippen molar-refractivity contribution >= 4 is 0 Å². The average molecular weight is 141 g/mol. The van der Waals surface area contributed by atoms with Crippen molar-refractivity contribution < 1.29 is 5.11 Å². The van der Waals surface area contributed by atoms with Crippen LogP contribution in [0, 0.1) is 0 Å². The summed E-state index contributed by atoms with van der Waals surface area (Å²) in [6.45, 7) is 0.321. The van der Waals surface area contributed by atoms with E-state index in [0.717, 1.165) is 6.42 Å². The second-order valence-corrected chi connectivity index (χ2v) is 3.70. The molecule has 2 N–H and O–H groups in total. The summed E-state index contributed by atoms with van der Waals surface area (Å²) >= 11 is 0. The number of rotatable bonds is 1. The van der Waals surface area contributed by atoms with Crippen LogP contribution in [0.4, 0.5) is 0 Å². The lowest BCUT2D eigenvalue weighted by atomic mass is 9.97. The first-order chi connectivity index (χ1) is 4.85. The smallest absolute Gasteiger partial charge is 0.0584 e. The van der Waals surface area contributed by atoms with E-state index < -0.39 is 0 Å². The summed E-state index contributed by atoms with van der Waals surface area (Å²) in [6.07, 6.45) is 6.48. The highest BCUT2D eigenvalue weighted by Crippen LogP contribution is 2.42. The zero-order valence-electron chi connectivity index (χ0n) is 6.27. The second kappa shape index (κ2) is 2.21. The maximum absolute atomic E-state index is 8.89. The summed E-state index contributed by atoms with van der Waals surface area (Å²) in [5, 5.41) is 12.4. The minimum Gasteiger partial charge on any atom is -0.395 e. The van der Waals surface area contributed by atoms with Crippen molar-refractivity contribution in [2.45, 2.75) is 43.7 Å². The first kappa shape index (κ1) is 6.62. The molecule has 1 atom stereocenters. The molecule has 0 unspecified atom stereocenters. The third kappa shape index (κ3) is 1.06. The maximum Gasteiger partial charge on any atom is 0.0584 e. The van der Waals surface area contributed by atoms with Crippen molar-refractivity contribution in [1.29, 1.82) is 0 Å². The van der Waals surface area contributed by atoms with Crippen LogP contribution < -0.4 is 5.32 Å². The van der Waals surface area contributed by atoms with E-state index in [9.17, 15) is 0 Å². The van der Waals surface area contributed by atoms with E-state index in [2.05, 4.69) is 5.32 Å². The number of piperidine rings is 1. The van der Waals surface area contributed by atoms with Crippen LogP contribution in [0.3, 0.4) is 0 Å². The quantitative estimate of drug-likeness (QED) is 0.562. The molecule has 0 bridgehead atoms. The molecule has 1 saturated carbocycles. The lowest BCUT2D eigenvalue weighted by molar-refractivity contribution is 0.191. The van der Waals surface area contributed by atoms with Crippen molar-refractivity contribution in [3.05, 3.63) is 0 Å². The van der Waals surface area contributed by atoms with E-state index in [1.165, 1.54) is 25.7 Å². The van der Waals surface area contributed by atoms with Gasteiger partial charge in [-0.05, 0) is 32.1 Å². The molecule has 1 aliphatic heterocycles. The van der Waals surface area contributed by atoms with Crippen molar-refractivity contribution in [3.8, 4) is 0 Å². The van der Waals surface area contributed by atoms with Crippen LogP contribution in [0.5, 0.6) is 0 Å². The van der Waals surface area contributed by atoms with Crippen LogP contribution in [0.1, 0.15) is 32.1 Å². The van der Waals surface area contributed by atoms with Crippen LogP contribution in [0.25, 0.3) is 0 Å². The Hall–Kier alpha value is -0.0800. The largest absolute Gasteiger partial charge is 0.395 e. The van der Waals surface area contributed by atoms with E-state index >= 15 is 0 Å². The van der Waals surface area contributed by atoms with Crippen molar-refractivity contribution in [1.82, 2.24) is 5.32 Å². The van der Waals surface area contributed by atoms with E-state index in [-0.39, 0.29) is 0 Å². The van der Waals surface area contributed by atoms with Crippen LogP contribution in [0.2, 0.25) is 0 Å². The molecule has 10 heavy (non-hydrogen) atoms. The van der Waals surface area contributed by atoms with Gasteiger partial charge in [0.05, 0.1) is 6.61 Å². The highest BCUT2D eigenvalue weighted by molar-refractivity contribution is 5.05. The highest BCUT2D eigenvalue weighted by Gasteiger charge is 2.45. The minimum atomic E-state index is 0.321. The van der Waals surface area contributed by atoms with Gasteiger partial charge < -0.3 is 10.4 Å². The molecule has 2 nitrogen and oxygen atoms in total. The molecule has 1 saturated heterocycles. The molecule has 2 heteroatoms. The van der Waals surface area contributed by atoms with Crippen LogP contribution in [0.15, 0.2) is 0 Å². The Morgan fingerprint density at radius 1 is 1.40 bits per heavy atom. The Morgan fingerprint density at radius 3 is 2.80 bits per heavy atom. The fourth-order valence-electron chi connectivity index (χ4n) is 1.95. The van der Waals surface area contributed by atoms with E-state index in [0.29, 0.717) is 18.2 Å². The lowest BCUT2D eigenvalue weighted by Crippen LogP contribution is -2.45. The van der Waals surface area contributed by atoms with Gasteiger partial charge in [-0.1, -0.05) is 0 Å². The molecule has 2 rings (SSSR count). The Kier molecular flexibility index (Phi) is 1.46. The number of hydrogen-bond donors (Lipinski definition) is 2.